The fourth-order valence-corrected chi connectivity index (χ4v) is 5.25. The Morgan fingerprint density at radius 3 is 2.15 bits per heavy atom. The molecule has 4 rings (SSSR count). The van der Waals surface area contributed by atoms with Crippen LogP contribution < -0.4 is 20.7 Å². The molecule has 212 valence electrons. The summed E-state index contributed by atoms with van der Waals surface area (Å²) in [5, 5.41) is 8.80. The molecule has 0 spiro atoms. The van der Waals surface area contributed by atoms with E-state index in [0.717, 1.165) is 38.8 Å². The molecule has 0 bridgehead atoms. The lowest BCUT2D eigenvalue weighted by atomic mass is 9.91. The number of nitrogens with one attached hydrogen (secondary N) is 3. The number of anilines is 1. The Hall–Kier alpha value is -3.84. The van der Waals surface area contributed by atoms with Crippen LogP contribution in [0.3, 0.4) is 0 Å². The van der Waals surface area contributed by atoms with Gasteiger partial charge in [0.2, 0.25) is 0 Å². The first-order valence-corrected chi connectivity index (χ1v) is 14.5. The fourth-order valence-electron chi connectivity index (χ4n) is 5.25. The molecule has 3 aromatic carbocycles. The van der Waals surface area contributed by atoms with Crippen LogP contribution in [0, 0.1) is 5.92 Å². The monoisotopic (exact) mass is 542 g/mol. The molecule has 7 heteroatoms. The van der Waals surface area contributed by atoms with Crippen molar-refractivity contribution in [1.29, 1.82) is 0 Å². The van der Waals surface area contributed by atoms with Gasteiger partial charge in [-0.05, 0) is 74.5 Å². The van der Waals surface area contributed by atoms with Crippen LogP contribution in [0.1, 0.15) is 67.1 Å². The number of hydrogen-bond donors (Lipinski definition) is 3. The SMILES string of the molecule is CCCCNC(=O)Nc1ccc(OCC)cc1C(=O)NCC1CCN(C(c2ccccc2)c2ccccc2)CC1. The first kappa shape index (κ1) is 29.2. The van der Waals surface area contributed by atoms with E-state index in [2.05, 4.69) is 88.4 Å². The molecule has 3 aromatic rings. The normalized spacial score (nSPS) is 14.1. The molecule has 0 atom stereocenters. The lowest BCUT2D eigenvalue weighted by Crippen LogP contribution is -2.40. The van der Waals surface area contributed by atoms with Gasteiger partial charge in [0.15, 0.2) is 0 Å². The third kappa shape index (κ3) is 8.09. The minimum atomic E-state index is -0.314. The highest BCUT2D eigenvalue weighted by atomic mass is 16.5. The molecule has 3 N–H and O–H groups in total. The molecule has 3 amide bonds. The summed E-state index contributed by atoms with van der Waals surface area (Å²) in [6, 6.07) is 26.5. The van der Waals surface area contributed by atoms with E-state index >= 15 is 0 Å². The van der Waals surface area contributed by atoms with E-state index in [1.54, 1.807) is 18.2 Å². The van der Waals surface area contributed by atoms with Gasteiger partial charge in [-0.1, -0.05) is 74.0 Å². The molecular weight excluding hydrogens is 500 g/mol. The maximum atomic E-state index is 13.3. The van der Waals surface area contributed by atoms with Gasteiger partial charge >= 0.3 is 6.03 Å². The van der Waals surface area contributed by atoms with E-state index in [-0.39, 0.29) is 18.0 Å². The molecule has 40 heavy (non-hydrogen) atoms. The number of nitrogens with zero attached hydrogens (tertiary/aromatic N) is 1. The number of likely N-dealkylation sites (tertiary alicyclic amines) is 1. The summed E-state index contributed by atoms with van der Waals surface area (Å²) in [5.74, 6) is 0.779. The van der Waals surface area contributed by atoms with Crippen molar-refractivity contribution in [3.05, 3.63) is 95.6 Å². The molecule has 1 saturated heterocycles. The largest absolute Gasteiger partial charge is 0.494 e. The molecule has 0 aliphatic carbocycles. The van der Waals surface area contributed by atoms with E-state index in [4.69, 9.17) is 4.74 Å². The highest BCUT2D eigenvalue weighted by Gasteiger charge is 2.27. The van der Waals surface area contributed by atoms with Gasteiger partial charge in [-0.2, -0.15) is 0 Å². The number of hydrogen-bond acceptors (Lipinski definition) is 4. The summed E-state index contributed by atoms with van der Waals surface area (Å²) in [7, 11) is 0. The number of amides is 3. The first-order valence-electron chi connectivity index (χ1n) is 14.5. The molecule has 0 radical (unpaired) electrons. The van der Waals surface area contributed by atoms with E-state index in [1.165, 1.54) is 11.1 Å². The van der Waals surface area contributed by atoms with Crippen LogP contribution in [-0.4, -0.2) is 49.6 Å². The predicted octanol–water partition coefficient (Wildman–Crippen LogP) is 6.24. The van der Waals surface area contributed by atoms with Crippen LogP contribution in [-0.2, 0) is 0 Å². The lowest BCUT2D eigenvalue weighted by Gasteiger charge is -2.38. The molecule has 0 aromatic heterocycles. The molecule has 0 unspecified atom stereocenters. The zero-order valence-electron chi connectivity index (χ0n) is 23.7. The van der Waals surface area contributed by atoms with E-state index in [0.29, 0.717) is 42.6 Å². The van der Waals surface area contributed by atoms with Crippen molar-refractivity contribution in [2.24, 2.45) is 5.92 Å². The number of ether oxygens (including phenoxy) is 1. The van der Waals surface area contributed by atoms with Gasteiger partial charge in [-0.3, -0.25) is 9.69 Å². The number of urea groups is 1. The van der Waals surface area contributed by atoms with Crippen molar-refractivity contribution in [3.8, 4) is 5.75 Å². The molecule has 1 aliphatic rings. The Balaban J connectivity index is 1.37. The number of carbonyl (C=O) groups excluding carboxylic acids is 2. The second kappa shape index (κ2) is 15.1. The average molecular weight is 543 g/mol. The van der Waals surface area contributed by atoms with Crippen LogP contribution in [0.5, 0.6) is 5.75 Å². The van der Waals surface area contributed by atoms with Crippen molar-refractivity contribution >= 4 is 17.6 Å². The van der Waals surface area contributed by atoms with Gasteiger partial charge < -0.3 is 20.7 Å². The lowest BCUT2D eigenvalue weighted by molar-refractivity contribution is 0.0931. The van der Waals surface area contributed by atoms with Crippen LogP contribution in [0.4, 0.5) is 10.5 Å². The number of unbranched alkanes of at least 4 members (excludes halogenated alkanes) is 1. The number of benzene rings is 3. The fraction of sp³-hybridized carbons (Fsp3) is 0.394. The van der Waals surface area contributed by atoms with Crippen molar-refractivity contribution in [1.82, 2.24) is 15.5 Å². The minimum absolute atomic E-state index is 0.209. The molecule has 7 nitrogen and oxygen atoms in total. The van der Waals surface area contributed by atoms with Crippen molar-refractivity contribution in [3.63, 3.8) is 0 Å². The van der Waals surface area contributed by atoms with Crippen LogP contribution in [0.25, 0.3) is 0 Å². The smallest absolute Gasteiger partial charge is 0.319 e. The predicted molar refractivity (Wildman–Crippen MR) is 161 cm³/mol. The number of piperidine rings is 1. The van der Waals surface area contributed by atoms with Gasteiger partial charge in [0.25, 0.3) is 5.91 Å². The van der Waals surface area contributed by atoms with Gasteiger partial charge in [0.1, 0.15) is 5.75 Å². The number of rotatable bonds is 12. The summed E-state index contributed by atoms with van der Waals surface area (Å²) in [6.45, 7) is 7.57. The van der Waals surface area contributed by atoms with E-state index in [9.17, 15) is 9.59 Å². The zero-order chi connectivity index (χ0) is 28.2. The van der Waals surface area contributed by atoms with Crippen LogP contribution in [0.2, 0.25) is 0 Å². The molecule has 0 saturated carbocycles. The standard InChI is InChI=1S/C33H42N4O3/c1-3-5-20-34-33(39)36-30-17-16-28(40-4-2)23-29(30)32(38)35-24-25-18-21-37(22-19-25)31(26-12-8-6-9-13-26)27-14-10-7-11-15-27/h6-17,23,25,31H,3-5,18-22,24H2,1-2H3,(H,35,38)(H2,34,36,39). The Kier molecular flexibility index (Phi) is 11.0. The van der Waals surface area contributed by atoms with Gasteiger partial charge in [0, 0.05) is 13.1 Å². The van der Waals surface area contributed by atoms with Crippen molar-refractivity contribution < 1.29 is 14.3 Å². The third-order valence-corrected chi connectivity index (χ3v) is 7.41. The number of carbonyl (C=O) groups is 2. The van der Waals surface area contributed by atoms with Gasteiger partial charge in [0.05, 0.1) is 23.9 Å². The molecule has 1 fully saturated rings. The summed E-state index contributed by atoms with van der Waals surface area (Å²) in [5.41, 5.74) is 3.47. The first-order chi connectivity index (χ1) is 19.6. The Bertz CT molecular complexity index is 1170. The molecule has 1 aliphatic heterocycles. The minimum Gasteiger partial charge on any atom is -0.494 e. The van der Waals surface area contributed by atoms with Gasteiger partial charge in [-0.15, -0.1) is 0 Å². The third-order valence-electron chi connectivity index (χ3n) is 7.41. The van der Waals surface area contributed by atoms with Crippen molar-refractivity contribution in [2.75, 3.05) is 38.1 Å². The Morgan fingerprint density at radius 2 is 1.55 bits per heavy atom. The summed E-state index contributed by atoms with van der Waals surface area (Å²) >= 11 is 0. The van der Waals surface area contributed by atoms with E-state index < -0.39 is 0 Å². The van der Waals surface area contributed by atoms with Crippen molar-refractivity contribution in [2.45, 2.75) is 45.6 Å². The summed E-state index contributed by atoms with van der Waals surface area (Å²) in [6.07, 6.45) is 3.90. The Morgan fingerprint density at radius 1 is 0.900 bits per heavy atom. The second-order valence-corrected chi connectivity index (χ2v) is 10.3. The summed E-state index contributed by atoms with van der Waals surface area (Å²) in [4.78, 5) is 28.2. The highest BCUT2D eigenvalue weighted by molar-refractivity contribution is 6.03. The average Bonchev–Trinajstić information content (AvgIpc) is 2.99. The molecule has 1 heterocycles. The van der Waals surface area contributed by atoms with E-state index in [1.807, 2.05) is 6.92 Å². The zero-order valence-corrected chi connectivity index (χ0v) is 23.7. The van der Waals surface area contributed by atoms with Gasteiger partial charge in [-0.25, -0.2) is 4.79 Å². The Labute approximate surface area is 238 Å². The quantitative estimate of drug-likeness (QED) is 0.237. The maximum Gasteiger partial charge on any atom is 0.319 e. The maximum absolute atomic E-state index is 13.3. The van der Waals surface area contributed by atoms with Crippen LogP contribution >= 0.6 is 0 Å². The molecular formula is C33H42N4O3. The highest BCUT2D eigenvalue weighted by Crippen LogP contribution is 2.32. The second-order valence-electron chi connectivity index (χ2n) is 10.3. The topological polar surface area (TPSA) is 82.7 Å². The summed E-state index contributed by atoms with van der Waals surface area (Å²) < 4.78 is 5.62. The van der Waals surface area contributed by atoms with Crippen LogP contribution in [0.15, 0.2) is 78.9 Å².